The molecule has 0 radical (unpaired) electrons. The summed E-state index contributed by atoms with van der Waals surface area (Å²) in [6.45, 7) is 0.391. The first-order valence-corrected chi connectivity index (χ1v) is 7.00. The number of piperidine rings is 1. The summed E-state index contributed by atoms with van der Waals surface area (Å²) < 4.78 is 25.9. The summed E-state index contributed by atoms with van der Waals surface area (Å²) >= 11 is 0. The molecule has 1 saturated heterocycles. The number of rotatable bonds is 2. The highest BCUT2D eigenvalue weighted by atomic mass is 32.2. The minimum atomic E-state index is -3.67. The number of carbonyl (C=O) groups excluding carboxylic acids is 1. The lowest BCUT2D eigenvalue weighted by molar-refractivity contribution is -0.120. The molecule has 1 heterocycles. The Hall–Kier alpha value is -1.71. The molecule has 0 aromatic heterocycles. The van der Waals surface area contributed by atoms with E-state index in [0.717, 1.165) is 0 Å². The fraction of sp³-hybridized carbons (Fsp3) is 0.333. The summed E-state index contributed by atoms with van der Waals surface area (Å²) in [6, 6.07) is 7.98. The molecular weight excluding hydrogens is 252 g/mol. The van der Waals surface area contributed by atoms with Gasteiger partial charge in [-0.2, -0.15) is 9.57 Å². The molecule has 18 heavy (non-hydrogen) atoms. The Morgan fingerprint density at radius 3 is 2.39 bits per heavy atom. The molecular formula is C12H12N2O3S. The average Bonchev–Trinajstić information content (AvgIpc) is 2.39. The van der Waals surface area contributed by atoms with Crippen LogP contribution in [0.1, 0.15) is 18.4 Å². The molecule has 0 atom stereocenters. The van der Waals surface area contributed by atoms with E-state index in [2.05, 4.69) is 0 Å². The minimum Gasteiger partial charge on any atom is -0.300 e. The van der Waals surface area contributed by atoms with Crippen LogP contribution in [-0.4, -0.2) is 31.6 Å². The van der Waals surface area contributed by atoms with Crippen LogP contribution in [0.2, 0.25) is 0 Å². The van der Waals surface area contributed by atoms with Crippen LogP contribution in [0, 0.1) is 11.3 Å². The second-order valence-electron chi connectivity index (χ2n) is 4.05. The predicted octanol–water partition coefficient (Wildman–Crippen LogP) is 0.912. The number of hydrogen-bond acceptors (Lipinski definition) is 4. The molecule has 0 N–H and O–H groups in total. The fourth-order valence-electron chi connectivity index (χ4n) is 1.90. The number of sulfonamides is 1. The van der Waals surface area contributed by atoms with Gasteiger partial charge in [-0.25, -0.2) is 8.42 Å². The van der Waals surface area contributed by atoms with Crippen molar-refractivity contribution in [1.82, 2.24) is 4.31 Å². The van der Waals surface area contributed by atoms with E-state index in [9.17, 15) is 13.2 Å². The lowest BCUT2D eigenvalue weighted by Gasteiger charge is -2.25. The van der Waals surface area contributed by atoms with Crippen molar-refractivity contribution in [1.29, 1.82) is 5.26 Å². The standard InChI is InChI=1S/C12H12N2O3S/c13-9-10-3-1-2-4-12(10)18(16,17)14-7-5-11(15)6-8-14/h1-4H,5-8H2. The highest BCUT2D eigenvalue weighted by Crippen LogP contribution is 2.22. The Morgan fingerprint density at radius 1 is 1.17 bits per heavy atom. The van der Waals surface area contributed by atoms with Gasteiger partial charge in [0, 0.05) is 25.9 Å². The van der Waals surface area contributed by atoms with Crippen LogP contribution < -0.4 is 0 Å². The van der Waals surface area contributed by atoms with Gasteiger partial charge in [0.25, 0.3) is 0 Å². The van der Waals surface area contributed by atoms with E-state index in [1.165, 1.54) is 16.4 Å². The van der Waals surface area contributed by atoms with E-state index in [-0.39, 0.29) is 42.2 Å². The molecule has 2 rings (SSSR count). The van der Waals surface area contributed by atoms with E-state index in [0.29, 0.717) is 0 Å². The largest absolute Gasteiger partial charge is 0.300 e. The van der Waals surface area contributed by atoms with E-state index in [1.807, 2.05) is 6.07 Å². The van der Waals surface area contributed by atoms with Gasteiger partial charge in [-0.15, -0.1) is 0 Å². The first kappa shape index (κ1) is 12.7. The second kappa shape index (κ2) is 4.88. The molecule has 1 aromatic carbocycles. The highest BCUT2D eigenvalue weighted by molar-refractivity contribution is 7.89. The third kappa shape index (κ3) is 2.28. The summed E-state index contributed by atoms with van der Waals surface area (Å²) in [6.07, 6.45) is 0.488. The molecule has 94 valence electrons. The lowest BCUT2D eigenvalue weighted by atomic mass is 10.1. The van der Waals surface area contributed by atoms with Crippen LogP contribution in [-0.2, 0) is 14.8 Å². The third-order valence-corrected chi connectivity index (χ3v) is 4.86. The Kier molecular flexibility index (Phi) is 3.45. The van der Waals surface area contributed by atoms with Crippen LogP contribution in [0.15, 0.2) is 29.2 Å². The van der Waals surface area contributed by atoms with Gasteiger partial charge in [-0.3, -0.25) is 4.79 Å². The smallest absolute Gasteiger partial charge is 0.244 e. The Labute approximate surface area is 106 Å². The van der Waals surface area contributed by atoms with Gasteiger partial charge in [0.05, 0.1) is 10.5 Å². The zero-order chi connectivity index (χ0) is 13.2. The Balaban J connectivity index is 2.37. The molecule has 0 bridgehead atoms. The SMILES string of the molecule is N#Cc1ccccc1S(=O)(=O)N1CCC(=O)CC1. The molecule has 0 saturated carbocycles. The minimum absolute atomic E-state index is 0.0156. The molecule has 0 unspecified atom stereocenters. The summed E-state index contributed by atoms with van der Waals surface area (Å²) in [5.41, 5.74) is 0.134. The van der Waals surface area contributed by atoms with Crippen molar-refractivity contribution >= 4 is 15.8 Å². The van der Waals surface area contributed by atoms with E-state index in [4.69, 9.17) is 5.26 Å². The van der Waals surface area contributed by atoms with Gasteiger partial charge in [0.2, 0.25) is 10.0 Å². The van der Waals surface area contributed by atoms with Crippen LogP contribution >= 0.6 is 0 Å². The van der Waals surface area contributed by atoms with Crippen molar-refractivity contribution in [2.75, 3.05) is 13.1 Å². The molecule has 5 nitrogen and oxygen atoms in total. The Morgan fingerprint density at radius 2 is 1.78 bits per heavy atom. The normalized spacial score (nSPS) is 17.4. The van der Waals surface area contributed by atoms with Gasteiger partial charge >= 0.3 is 0 Å². The number of hydrogen-bond donors (Lipinski definition) is 0. The van der Waals surface area contributed by atoms with E-state index in [1.54, 1.807) is 12.1 Å². The summed E-state index contributed by atoms with van der Waals surface area (Å²) in [5.74, 6) is 0.0787. The number of nitriles is 1. The predicted molar refractivity (Wildman–Crippen MR) is 64.2 cm³/mol. The summed E-state index contributed by atoms with van der Waals surface area (Å²) in [5, 5.41) is 8.94. The van der Waals surface area contributed by atoms with Gasteiger partial charge in [-0.05, 0) is 12.1 Å². The maximum atomic E-state index is 12.3. The van der Waals surface area contributed by atoms with Crippen molar-refractivity contribution in [3.05, 3.63) is 29.8 Å². The van der Waals surface area contributed by atoms with Crippen molar-refractivity contribution in [3.63, 3.8) is 0 Å². The van der Waals surface area contributed by atoms with Crippen molar-refractivity contribution in [3.8, 4) is 6.07 Å². The monoisotopic (exact) mass is 264 g/mol. The fourth-order valence-corrected chi connectivity index (χ4v) is 3.48. The van der Waals surface area contributed by atoms with Crippen LogP contribution in [0.5, 0.6) is 0 Å². The number of ketones is 1. The van der Waals surface area contributed by atoms with E-state index < -0.39 is 10.0 Å². The Bertz CT molecular complexity index is 606. The van der Waals surface area contributed by atoms with Crippen LogP contribution in [0.25, 0.3) is 0 Å². The average molecular weight is 264 g/mol. The topological polar surface area (TPSA) is 78.2 Å². The van der Waals surface area contributed by atoms with E-state index >= 15 is 0 Å². The maximum absolute atomic E-state index is 12.3. The summed E-state index contributed by atoms with van der Waals surface area (Å²) in [4.78, 5) is 11.1. The zero-order valence-electron chi connectivity index (χ0n) is 9.67. The molecule has 6 heteroatoms. The number of carbonyl (C=O) groups is 1. The third-order valence-electron chi connectivity index (χ3n) is 2.91. The van der Waals surface area contributed by atoms with Crippen molar-refractivity contribution in [2.45, 2.75) is 17.7 Å². The van der Waals surface area contributed by atoms with Gasteiger partial charge in [-0.1, -0.05) is 12.1 Å². The van der Waals surface area contributed by atoms with Gasteiger partial charge < -0.3 is 0 Å². The first-order chi connectivity index (χ1) is 8.55. The number of benzene rings is 1. The highest BCUT2D eigenvalue weighted by Gasteiger charge is 2.29. The first-order valence-electron chi connectivity index (χ1n) is 5.56. The second-order valence-corrected chi connectivity index (χ2v) is 5.96. The van der Waals surface area contributed by atoms with Gasteiger partial charge in [0.15, 0.2) is 0 Å². The summed E-state index contributed by atoms with van der Waals surface area (Å²) in [7, 11) is -3.67. The number of Topliss-reactive ketones (excluding diaryl/α,β-unsaturated/α-hetero) is 1. The maximum Gasteiger partial charge on any atom is 0.244 e. The molecule has 1 aliphatic rings. The molecule has 0 aliphatic carbocycles. The van der Waals surface area contributed by atoms with Crippen LogP contribution in [0.3, 0.4) is 0 Å². The van der Waals surface area contributed by atoms with Crippen molar-refractivity contribution < 1.29 is 13.2 Å². The molecule has 0 spiro atoms. The molecule has 0 amide bonds. The zero-order valence-corrected chi connectivity index (χ0v) is 10.5. The molecule has 1 aromatic rings. The van der Waals surface area contributed by atoms with Crippen LogP contribution in [0.4, 0.5) is 0 Å². The number of nitrogens with zero attached hydrogens (tertiary/aromatic N) is 2. The quantitative estimate of drug-likeness (QED) is 0.795. The van der Waals surface area contributed by atoms with Gasteiger partial charge in [0.1, 0.15) is 11.9 Å². The van der Waals surface area contributed by atoms with Crippen molar-refractivity contribution in [2.24, 2.45) is 0 Å². The molecule has 1 aliphatic heterocycles. The lowest BCUT2D eigenvalue weighted by Crippen LogP contribution is -2.38. The molecule has 1 fully saturated rings.